The van der Waals surface area contributed by atoms with Crippen LogP contribution in [0.5, 0.6) is 0 Å². The first kappa shape index (κ1) is 13.9. The van der Waals surface area contributed by atoms with E-state index in [4.69, 9.17) is 5.73 Å². The van der Waals surface area contributed by atoms with Crippen LogP contribution in [0.25, 0.3) is 0 Å². The van der Waals surface area contributed by atoms with Gasteiger partial charge in [0.1, 0.15) is 0 Å². The lowest BCUT2D eigenvalue weighted by Crippen LogP contribution is -2.58. The lowest BCUT2D eigenvalue weighted by Gasteiger charge is -2.39. The largest absolute Gasteiger partial charge is 0.329 e. The zero-order chi connectivity index (χ0) is 12.2. The molecule has 0 aromatic heterocycles. The Kier molecular flexibility index (Phi) is 4.73. The van der Waals surface area contributed by atoms with Gasteiger partial charge in [-0.05, 0) is 18.8 Å². The Hall–Kier alpha value is -0.170. The Morgan fingerprint density at radius 1 is 1.50 bits per heavy atom. The van der Waals surface area contributed by atoms with Crippen molar-refractivity contribution in [1.82, 2.24) is 9.44 Å². The van der Waals surface area contributed by atoms with E-state index in [9.17, 15) is 8.42 Å². The molecule has 0 radical (unpaired) electrons. The van der Waals surface area contributed by atoms with E-state index >= 15 is 0 Å². The summed E-state index contributed by atoms with van der Waals surface area (Å²) in [4.78, 5) is 0. The molecule has 4 N–H and O–H groups in total. The van der Waals surface area contributed by atoms with E-state index in [0.29, 0.717) is 19.0 Å². The summed E-state index contributed by atoms with van der Waals surface area (Å²) >= 11 is 0. The minimum absolute atomic E-state index is 0.363. The lowest BCUT2D eigenvalue weighted by molar-refractivity contribution is 0.222. The molecule has 0 aliphatic heterocycles. The predicted octanol–water partition coefficient (Wildman–Crippen LogP) is 0.338. The molecule has 2 unspecified atom stereocenters. The van der Waals surface area contributed by atoms with Crippen LogP contribution in [0, 0.1) is 5.92 Å². The van der Waals surface area contributed by atoms with E-state index in [1.54, 1.807) is 6.92 Å². The van der Waals surface area contributed by atoms with E-state index in [0.717, 1.165) is 25.7 Å². The molecule has 16 heavy (non-hydrogen) atoms. The highest BCUT2D eigenvalue weighted by atomic mass is 32.2. The third kappa shape index (κ3) is 3.69. The van der Waals surface area contributed by atoms with Gasteiger partial charge in [0.05, 0.1) is 0 Å². The van der Waals surface area contributed by atoms with Crippen molar-refractivity contribution in [2.75, 3.05) is 13.1 Å². The molecule has 1 saturated carbocycles. The molecule has 0 bridgehead atoms. The number of hydrogen-bond donors (Lipinski definition) is 3. The van der Waals surface area contributed by atoms with Gasteiger partial charge in [0.25, 0.3) is 10.2 Å². The van der Waals surface area contributed by atoms with E-state index in [1.165, 1.54) is 0 Å². The molecule has 0 aromatic rings. The van der Waals surface area contributed by atoms with E-state index in [2.05, 4.69) is 16.4 Å². The van der Waals surface area contributed by atoms with E-state index < -0.39 is 15.7 Å². The van der Waals surface area contributed by atoms with Crippen LogP contribution in [-0.2, 0) is 10.2 Å². The molecule has 2 atom stereocenters. The van der Waals surface area contributed by atoms with E-state index in [-0.39, 0.29) is 0 Å². The van der Waals surface area contributed by atoms with Crippen molar-refractivity contribution in [3.63, 3.8) is 0 Å². The highest BCUT2D eigenvalue weighted by molar-refractivity contribution is 7.87. The van der Waals surface area contributed by atoms with Gasteiger partial charge < -0.3 is 5.73 Å². The van der Waals surface area contributed by atoms with Gasteiger partial charge in [-0.25, -0.2) is 4.72 Å². The lowest BCUT2D eigenvalue weighted by atomic mass is 9.77. The summed E-state index contributed by atoms with van der Waals surface area (Å²) in [5.74, 6) is 0.529. The molecule has 5 nitrogen and oxygen atoms in total. The second-order valence-corrected chi connectivity index (χ2v) is 6.29. The normalized spacial score (nSPS) is 31.6. The minimum atomic E-state index is -3.41. The van der Waals surface area contributed by atoms with Crippen LogP contribution in [0.4, 0.5) is 0 Å². The molecular formula is C10H23N3O2S. The van der Waals surface area contributed by atoms with Crippen molar-refractivity contribution < 1.29 is 8.42 Å². The zero-order valence-electron chi connectivity index (χ0n) is 10.1. The van der Waals surface area contributed by atoms with Gasteiger partial charge in [0, 0.05) is 18.6 Å². The Balaban J connectivity index is 2.73. The smallest absolute Gasteiger partial charge is 0.277 e. The number of nitrogens with two attached hydrogens (primary N) is 1. The Labute approximate surface area is 98.4 Å². The second-order valence-electron chi connectivity index (χ2n) is 4.79. The highest BCUT2D eigenvalue weighted by Gasteiger charge is 2.36. The standard InChI is InChI=1S/C10H23N3O2S/c1-3-12-16(14,15)13-10(8-11)6-4-5-9(2)7-10/h9,12-13H,3-8,11H2,1-2H3. The second kappa shape index (κ2) is 5.44. The maximum absolute atomic E-state index is 11.7. The average Bonchev–Trinajstić information content (AvgIpc) is 2.16. The van der Waals surface area contributed by atoms with Crippen molar-refractivity contribution >= 4 is 10.2 Å². The van der Waals surface area contributed by atoms with Crippen molar-refractivity contribution in [2.45, 2.75) is 45.1 Å². The third-order valence-electron chi connectivity index (χ3n) is 3.17. The average molecular weight is 249 g/mol. The molecule has 1 rings (SSSR count). The molecule has 6 heteroatoms. The topological polar surface area (TPSA) is 84.2 Å². The molecule has 1 aliphatic carbocycles. The summed E-state index contributed by atoms with van der Waals surface area (Å²) in [7, 11) is -3.41. The summed E-state index contributed by atoms with van der Waals surface area (Å²) < 4.78 is 28.6. The Morgan fingerprint density at radius 2 is 2.19 bits per heavy atom. The molecule has 0 aromatic carbocycles. The summed E-state index contributed by atoms with van der Waals surface area (Å²) in [6, 6.07) is 0. The fourth-order valence-electron chi connectivity index (χ4n) is 2.49. The number of nitrogens with one attached hydrogen (secondary N) is 2. The zero-order valence-corrected chi connectivity index (χ0v) is 10.9. The molecule has 1 aliphatic rings. The van der Waals surface area contributed by atoms with Crippen LogP contribution in [-0.4, -0.2) is 27.0 Å². The predicted molar refractivity (Wildman–Crippen MR) is 65.1 cm³/mol. The fraction of sp³-hybridized carbons (Fsp3) is 1.00. The Bertz CT molecular complexity index is 318. The first-order valence-electron chi connectivity index (χ1n) is 5.91. The van der Waals surface area contributed by atoms with Crippen molar-refractivity contribution in [3.05, 3.63) is 0 Å². The summed E-state index contributed by atoms with van der Waals surface area (Å²) in [6.45, 7) is 4.66. The maximum Gasteiger partial charge on any atom is 0.277 e. The van der Waals surface area contributed by atoms with Crippen LogP contribution in [0.1, 0.15) is 39.5 Å². The molecule has 0 heterocycles. The molecule has 0 spiro atoms. The summed E-state index contributed by atoms with van der Waals surface area (Å²) in [5, 5.41) is 0. The van der Waals surface area contributed by atoms with Crippen LogP contribution in [0.3, 0.4) is 0 Å². The number of hydrogen-bond acceptors (Lipinski definition) is 3. The summed E-state index contributed by atoms with van der Waals surface area (Å²) in [5.41, 5.74) is 5.30. The van der Waals surface area contributed by atoms with Crippen molar-refractivity contribution in [2.24, 2.45) is 11.7 Å². The third-order valence-corrected chi connectivity index (χ3v) is 4.54. The van der Waals surface area contributed by atoms with Gasteiger partial charge in [-0.3, -0.25) is 0 Å². The first-order chi connectivity index (χ1) is 7.43. The van der Waals surface area contributed by atoms with Gasteiger partial charge in [-0.15, -0.1) is 0 Å². The van der Waals surface area contributed by atoms with Crippen LogP contribution < -0.4 is 15.2 Å². The van der Waals surface area contributed by atoms with Gasteiger partial charge in [-0.1, -0.05) is 26.7 Å². The summed E-state index contributed by atoms with van der Waals surface area (Å²) in [6.07, 6.45) is 3.85. The van der Waals surface area contributed by atoms with Crippen LogP contribution >= 0.6 is 0 Å². The van der Waals surface area contributed by atoms with Crippen molar-refractivity contribution in [1.29, 1.82) is 0 Å². The van der Waals surface area contributed by atoms with Gasteiger partial charge in [0.2, 0.25) is 0 Å². The van der Waals surface area contributed by atoms with Crippen LogP contribution in [0.2, 0.25) is 0 Å². The number of rotatable bonds is 5. The van der Waals surface area contributed by atoms with E-state index in [1.807, 2.05) is 0 Å². The quantitative estimate of drug-likeness (QED) is 0.657. The molecular weight excluding hydrogens is 226 g/mol. The highest BCUT2D eigenvalue weighted by Crippen LogP contribution is 2.31. The monoisotopic (exact) mass is 249 g/mol. The Morgan fingerprint density at radius 3 is 2.69 bits per heavy atom. The molecule has 0 saturated heterocycles. The molecule has 0 amide bonds. The molecule has 96 valence electrons. The SMILES string of the molecule is CCNS(=O)(=O)NC1(CN)CCCC(C)C1. The minimum Gasteiger partial charge on any atom is -0.329 e. The van der Waals surface area contributed by atoms with Gasteiger partial charge in [-0.2, -0.15) is 13.1 Å². The molecule has 1 fully saturated rings. The van der Waals surface area contributed by atoms with Crippen LogP contribution in [0.15, 0.2) is 0 Å². The maximum atomic E-state index is 11.7. The van der Waals surface area contributed by atoms with Crippen molar-refractivity contribution in [3.8, 4) is 0 Å². The fourth-order valence-corrected chi connectivity index (χ4v) is 3.78. The van der Waals surface area contributed by atoms with Gasteiger partial charge in [0.15, 0.2) is 0 Å². The first-order valence-corrected chi connectivity index (χ1v) is 7.40. The van der Waals surface area contributed by atoms with Gasteiger partial charge >= 0.3 is 0 Å².